The zero-order valence-corrected chi connectivity index (χ0v) is 10.3. The van der Waals surface area contributed by atoms with Crippen molar-refractivity contribution in [1.29, 1.82) is 0 Å². The fraction of sp³-hybridized carbons (Fsp3) is 0.0833. The van der Waals surface area contributed by atoms with Crippen LogP contribution in [0.1, 0.15) is 5.56 Å². The third kappa shape index (κ3) is 2.92. The van der Waals surface area contributed by atoms with Gasteiger partial charge in [-0.25, -0.2) is 0 Å². The smallest absolute Gasteiger partial charge is 0.0545 e. The summed E-state index contributed by atoms with van der Waals surface area (Å²) in [6, 6.07) is 12.3. The Bertz CT molecular complexity index is 429. The molecule has 0 saturated heterocycles. The highest BCUT2D eigenvalue weighted by molar-refractivity contribution is 14.1. The van der Waals surface area contributed by atoms with Crippen LogP contribution in [0.5, 0.6) is 0 Å². The number of nitrogens with one attached hydrogen (secondary N) is 1. The first-order chi connectivity index (χ1) is 7.36. The van der Waals surface area contributed by atoms with Gasteiger partial charge in [0.15, 0.2) is 0 Å². The minimum absolute atomic E-state index is 0.848. The van der Waals surface area contributed by atoms with Crippen molar-refractivity contribution in [2.75, 3.05) is 5.32 Å². The van der Waals surface area contributed by atoms with Crippen LogP contribution in [0.15, 0.2) is 48.8 Å². The predicted octanol–water partition coefficient (Wildman–Crippen LogP) is 3.30. The maximum atomic E-state index is 4.05. The minimum atomic E-state index is 0.848. The van der Waals surface area contributed by atoms with Crippen molar-refractivity contribution in [1.82, 2.24) is 4.98 Å². The molecule has 0 aliphatic carbocycles. The van der Waals surface area contributed by atoms with Gasteiger partial charge >= 0.3 is 0 Å². The molecule has 0 bridgehead atoms. The summed E-state index contributed by atoms with van der Waals surface area (Å²) in [6.07, 6.45) is 3.66. The fourth-order valence-electron chi connectivity index (χ4n) is 1.31. The first-order valence-corrected chi connectivity index (χ1v) is 5.81. The number of halogens is 1. The third-order valence-corrected chi connectivity index (χ3v) is 2.96. The van der Waals surface area contributed by atoms with Gasteiger partial charge in [-0.05, 0) is 34.2 Å². The lowest BCUT2D eigenvalue weighted by molar-refractivity contribution is 1.14. The van der Waals surface area contributed by atoms with E-state index >= 15 is 0 Å². The van der Waals surface area contributed by atoms with Crippen molar-refractivity contribution in [3.63, 3.8) is 0 Å². The lowest BCUT2D eigenvalue weighted by atomic mass is 10.2. The van der Waals surface area contributed by atoms with Crippen molar-refractivity contribution in [2.24, 2.45) is 0 Å². The molecule has 0 aliphatic heterocycles. The van der Waals surface area contributed by atoms with Gasteiger partial charge in [0.05, 0.1) is 9.26 Å². The fourth-order valence-corrected chi connectivity index (χ4v) is 1.84. The second-order valence-electron chi connectivity index (χ2n) is 3.19. The number of pyridine rings is 1. The van der Waals surface area contributed by atoms with Crippen LogP contribution in [0.2, 0.25) is 0 Å². The normalized spacial score (nSPS) is 9.93. The lowest BCUT2D eigenvalue weighted by Gasteiger charge is -2.07. The van der Waals surface area contributed by atoms with Crippen LogP contribution in [0, 0.1) is 3.57 Å². The maximum Gasteiger partial charge on any atom is 0.0545 e. The molecule has 0 saturated carbocycles. The number of anilines is 1. The maximum absolute atomic E-state index is 4.05. The molecule has 0 fully saturated rings. The van der Waals surface area contributed by atoms with E-state index in [0.29, 0.717) is 0 Å². The van der Waals surface area contributed by atoms with E-state index in [1.165, 1.54) is 5.56 Å². The molecule has 15 heavy (non-hydrogen) atoms. The van der Waals surface area contributed by atoms with Gasteiger partial charge in [0.1, 0.15) is 0 Å². The zero-order chi connectivity index (χ0) is 10.5. The quantitative estimate of drug-likeness (QED) is 0.880. The number of rotatable bonds is 3. The van der Waals surface area contributed by atoms with Crippen LogP contribution in [-0.2, 0) is 6.54 Å². The molecule has 0 spiro atoms. The third-order valence-electron chi connectivity index (χ3n) is 2.10. The van der Waals surface area contributed by atoms with Crippen LogP contribution in [0.25, 0.3) is 0 Å². The van der Waals surface area contributed by atoms with E-state index in [1.54, 1.807) is 6.20 Å². The van der Waals surface area contributed by atoms with Crippen molar-refractivity contribution in [2.45, 2.75) is 6.54 Å². The number of benzene rings is 1. The first kappa shape index (κ1) is 10.4. The van der Waals surface area contributed by atoms with Crippen LogP contribution in [0.3, 0.4) is 0 Å². The Labute approximate surface area is 103 Å². The van der Waals surface area contributed by atoms with Gasteiger partial charge in [-0.15, -0.1) is 0 Å². The summed E-state index contributed by atoms with van der Waals surface area (Å²) >= 11 is 2.28. The Morgan fingerprint density at radius 1 is 1.13 bits per heavy atom. The molecular weight excluding hydrogens is 299 g/mol. The van der Waals surface area contributed by atoms with Crippen LogP contribution in [-0.4, -0.2) is 4.98 Å². The summed E-state index contributed by atoms with van der Waals surface area (Å²) in [5.74, 6) is 0. The van der Waals surface area contributed by atoms with Gasteiger partial charge in [0.2, 0.25) is 0 Å². The molecule has 0 atom stereocenters. The molecule has 0 aliphatic rings. The number of nitrogens with zero attached hydrogens (tertiary/aromatic N) is 1. The van der Waals surface area contributed by atoms with Crippen molar-refractivity contribution in [3.05, 3.63) is 57.9 Å². The number of aromatic nitrogens is 1. The molecule has 0 amide bonds. The highest BCUT2D eigenvalue weighted by atomic mass is 127. The zero-order valence-electron chi connectivity index (χ0n) is 8.15. The Hall–Kier alpha value is -1.10. The molecular formula is C12H11IN2. The molecule has 2 aromatic rings. The number of hydrogen-bond donors (Lipinski definition) is 1. The summed E-state index contributed by atoms with van der Waals surface area (Å²) < 4.78 is 1.14. The van der Waals surface area contributed by atoms with Crippen molar-refractivity contribution >= 4 is 28.3 Å². The Kier molecular flexibility index (Phi) is 3.55. The van der Waals surface area contributed by atoms with Crippen LogP contribution >= 0.6 is 22.6 Å². The Morgan fingerprint density at radius 3 is 2.67 bits per heavy atom. The summed E-state index contributed by atoms with van der Waals surface area (Å²) in [7, 11) is 0. The second kappa shape index (κ2) is 5.11. The monoisotopic (exact) mass is 310 g/mol. The van der Waals surface area contributed by atoms with Crippen LogP contribution < -0.4 is 5.32 Å². The molecule has 2 rings (SSSR count). The van der Waals surface area contributed by atoms with E-state index in [4.69, 9.17) is 0 Å². The molecule has 1 aromatic carbocycles. The van der Waals surface area contributed by atoms with Gasteiger partial charge in [-0.1, -0.05) is 30.3 Å². The topological polar surface area (TPSA) is 24.9 Å². The highest BCUT2D eigenvalue weighted by Gasteiger charge is 1.97. The molecule has 3 heteroatoms. The van der Waals surface area contributed by atoms with Crippen molar-refractivity contribution in [3.8, 4) is 0 Å². The standard InChI is InChI=1S/C12H11IN2/c13-11-9-14-7-6-12(11)15-8-10-4-2-1-3-5-10/h1-7,9H,8H2,(H,14,15). The lowest BCUT2D eigenvalue weighted by Crippen LogP contribution is -2.00. The molecule has 2 nitrogen and oxygen atoms in total. The molecule has 0 radical (unpaired) electrons. The Morgan fingerprint density at radius 2 is 1.93 bits per heavy atom. The Balaban J connectivity index is 2.03. The summed E-state index contributed by atoms with van der Waals surface area (Å²) in [4.78, 5) is 4.05. The van der Waals surface area contributed by atoms with E-state index in [2.05, 4.69) is 57.2 Å². The van der Waals surface area contributed by atoms with E-state index in [0.717, 1.165) is 15.8 Å². The molecule has 1 N–H and O–H groups in total. The molecule has 0 unspecified atom stereocenters. The number of hydrogen-bond acceptors (Lipinski definition) is 2. The van der Waals surface area contributed by atoms with Gasteiger partial charge in [-0.2, -0.15) is 0 Å². The van der Waals surface area contributed by atoms with Gasteiger partial charge in [0.25, 0.3) is 0 Å². The summed E-state index contributed by atoms with van der Waals surface area (Å²) in [5.41, 5.74) is 2.42. The average Bonchev–Trinajstić information content (AvgIpc) is 2.29. The van der Waals surface area contributed by atoms with Gasteiger partial charge < -0.3 is 5.32 Å². The van der Waals surface area contributed by atoms with Crippen LogP contribution in [0.4, 0.5) is 5.69 Å². The summed E-state index contributed by atoms with van der Waals surface area (Å²) in [6.45, 7) is 0.848. The van der Waals surface area contributed by atoms with E-state index in [-0.39, 0.29) is 0 Å². The van der Waals surface area contributed by atoms with E-state index in [1.807, 2.05) is 18.3 Å². The first-order valence-electron chi connectivity index (χ1n) is 4.73. The predicted molar refractivity (Wildman–Crippen MR) is 70.7 cm³/mol. The van der Waals surface area contributed by atoms with Crippen molar-refractivity contribution < 1.29 is 0 Å². The van der Waals surface area contributed by atoms with Gasteiger partial charge in [-0.3, -0.25) is 4.98 Å². The largest absolute Gasteiger partial charge is 0.380 e. The minimum Gasteiger partial charge on any atom is -0.380 e. The molecule has 76 valence electrons. The SMILES string of the molecule is Ic1cnccc1NCc1ccccc1. The average molecular weight is 310 g/mol. The second-order valence-corrected chi connectivity index (χ2v) is 4.36. The van der Waals surface area contributed by atoms with Gasteiger partial charge in [0, 0.05) is 18.9 Å². The summed E-state index contributed by atoms with van der Waals surface area (Å²) in [5, 5.41) is 3.38. The van der Waals surface area contributed by atoms with E-state index in [9.17, 15) is 0 Å². The molecule has 1 aromatic heterocycles. The molecule has 1 heterocycles. The van der Waals surface area contributed by atoms with E-state index < -0.39 is 0 Å². The highest BCUT2D eigenvalue weighted by Crippen LogP contribution is 2.16.